The molecule has 2 aromatic carbocycles. The summed E-state index contributed by atoms with van der Waals surface area (Å²) in [6.45, 7) is 10.9. The van der Waals surface area contributed by atoms with Gasteiger partial charge in [-0.2, -0.15) is 5.10 Å². The highest BCUT2D eigenvalue weighted by atomic mass is 16.3. The smallest absolute Gasteiger partial charge is 0.126 e. The lowest BCUT2D eigenvalue weighted by atomic mass is 10.2. The van der Waals surface area contributed by atoms with Crippen LogP contribution in [0.25, 0.3) is 0 Å². The maximum Gasteiger partial charge on any atom is 0.126 e. The maximum absolute atomic E-state index is 10.3. The Kier molecular flexibility index (Phi) is 6.71. The average Bonchev–Trinajstić information content (AvgIpc) is 2.70. The van der Waals surface area contributed by atoms with Gasteiger partial charge in [-0.05, 0) is 31.5 Å². The molecule has 0 saturated carbocycles. The van der Waals surface area contributed by atoms with Gasteiger partial charge in [0.2, 0.25) is 0 Å². The number of nitrogens with zero attached hydrogens (tertiary/aromatic N) is 4. The van der Waals surface area contributed by atoms with E-state index >= 15 is 0 Å². The summed E-state index contributed by atoms with van der Waals surface area (Å²) in [5.74, 6) is 0.283. The van der Waals surface area contributed by atoms with Crippen LogP contribution in [0.15, 0.2) is 53.6 Å². The van der Waals surface area contributed by atoms with Crippen LogP contribution < -0.4 is 4.90 Å². The number of rotatable bonds is 7. The summed E-state index contributed by atoms with van der Waals surface area (Å²) in [5, 5.41) is 17.0. The largest absolute Gasteiger partial charge is 0.507 e. The zero-order valence-corrected chi connectivity index (χ0v) is 16.4. The maximum atomic E-state index is 10.3. The number of hydrazone groups is 1. The molecule has 1 fully saturated rings. The molecule has 3 rings (SSSR count). The Balaban J connectivity index is 1.53. The van der Waals surface area contributed by atoms with Gasteiger partial charge in [-0.25, -0.2) is 0 Å². The molecule has 1 saturated heterocycles. The third kappa shape index (κ3) is 5.23. The quantitative estimate of drug-likeness (QED) is 0.763. The second-order valence-electron chi connectivity index (χ2n) is 6.88. The van der Waals surface area contributed by atoms with Crippen molar-refractivity contribution in [1.82, 2.24) is 9.91 Å². The van der Waals surface area contributed by atoms with Gasteiger partial charge in [0.05, 0.1) is 6.21 Å². The summed E-state index contributed by atoms with van der Waals surface area (Å²) in [5.41, 5.74) is 3.16. The van der Waals surface area contributed by atoms with Crippen molar-refractivity contribution in [3.8, 4) is 5.75 Å². The van der Waals surface area contributed by atoms with Crippen molar-refractivity contribution in [3.05, 3.63) is 59.7 Å². The first-order valence-corrected chi connectivity index (χ1v) is 9.82. The Labute approximate surface area is 162 Å². The highest BCUT2D eigenvalue weighted by Gasteiger charge is 2.15. The summed E-state index contributed by atoms with van der Waals surface area (Å²) in [6, 6.07) is 16.4. The number of phenols is 1. The molecule has 27 heavy (non-hydrogen) atoms. The first-order valence-electron chi connectivity index (χ1n) is 9.82. The number of hydrogen-bond donors (Lipinski definition) is 1. The van der Waals surface area contributed by atoms with E-state index in [0.717, 1.165) is 57.1 Å². The number of aromatic hydroxyl groups is 1. The summed E-state index contributed by atoms with van der Waals surface area (Å²) in [6.07, 6.45) is 1.77. The molecule has 5 nitrogen and oxygen atoms in total. The predicted molar refractivity (Wildman–Crippen MR) is 113 cm³/mol. The van der Waals surface area contributed by atoms with E-state index in [1.54, 1.807) is 6.21 Å². The number of anilines is 1. The van der Waals surface area contributed by atoms with E-state index in [1.165, 1.54) is 5.56 Å². The first kappa shape index (κ1) is 19.2. The summed E-state index contributed by atoms with van der Waals surface area (Å²) in [7, 11) is 0. The van der Waals surface area contributed by atoms with Gasteiger partial charge in [-0.3, -0.25) is 9.91 Å². The third-order valence-corrected chi connectivity index (χ3v) is 5.10. The topological polar surface area (TPSA) is 42.3 Å². The molecule has 2 aromatic rings. The molecule has 0 unspecified atom stereocenters. The lowest BCUT2D eigenvalue weighted by molar-refractivity contribution is 0.131. The highest BCUT2D eigenvalue weighted by molar-refractivity contribution is 5.84. The van der Waals surface area contributed by atoms with E-state index < -0.39 is 0 Å². The molecule has 0 atom stereocenters. The van der Waals surface area contributed by atoms with E-state index in [1.807, 2.05) is 18.2 Å². The van der Waals surface area contributed by atoms with Crippen LogP contribution in [-0.4, -0.2) is 60.5 Å². The molecule has 1 aliphatic rings. The lowest BCUT2D eigenvalue weighted by Gasteiger charge is -2.33. The van der Waals surface area contributed by atoms with Gasteiger partial charge in [0.15, 0.2) is 0 Å². The zero-order valence-electron chi connectivity index (χ0n) is 16.4. The van der Waals surface area contributed by atoms with Crippen molar-refractivity contribution >= 4 is 11.9 Å². The molecule has 1 N–H and O–H groups in total. The molecular formula is C22H30N4O. The Morgan fingerprint density at radius 1 is 1.00 bits per heavy atom. The van der Waals surface area contributed by atoms with Crippen LogP contribution in [0.2, 0.25) is 0 Å². The minimum atomic E-state index is 0.283. The molecule has 1 aliphatic heterocycles. The van der Waals surface area contributed by atoms with Crippen LogP contribution in [0.5, 0.6) is 5.75 Å². The van der Waals surface area contributed by atoms with Crippen molar-refractivity contribution in [1.29, 1.82) is 0 Å². The van der Waals surface area contributed by atoms with Gasteiger partial charge < -0.3 is 10.0 Å². The standard InChI is InChI=1S/C22H30N4O/c1-3-25(4-2)21-11-10-20(22(27)16-21)17-23-26-14-12-24(13-15-26)18-19-8-6-5-7-9-19/h5-11,16-17,27H,3-4,12-15,18H2,1-2H3. The number of hydrogen-bond acceptors (Lipinski definition) is 5. The molecule has 1 heterocycles. The Morgan fingerprint density at radius 3 is 2.33 bits per heavy atom. The van der Waals surface area contributed by atoms with Crippen molar-refractivity contribution in [2.24, 2.45) is 5.10 Å². The van der Waals surface area contributed by atoms with Crippen molar-refractivity contribution < 1.29 is 5.11 Å². The summed E-state index contributed by atoms with van der Waals surface area (Å²) < 4.78 is 0. The number of phenolic OH excluding ortho intramolecular Hbond substituents is 1. The molecule has 0 spiro atoms. The SMILES string of the molecule is CCN(CC)c1ccc(C=NN2CCN(Cc3ccccc3)CC2)c(O)c1. The van der Waals surface area contributed by atoms with E-state index in [4.69, 9.17) is 0 Å². The zero-order chi connectivity index (χ0) is 19.1. The lowest BCUT2D eigenvalue weighted by Crippen LogP contribution is -2.43. The van der Waals surface area contributed by atoms with E-state index in [2.05, 4.69) is 64.1 Å². The number of benzene rings is 2. The summed E-state index contributed by atoms with van der Waals surface area (Å²) in [4.78, 5) is 4.67. The fourth-order valence-corrected chi connectivity index (χ4v) is 3.42. The molecule has 144 valence electrons. The second kappa shape index (κ2) is 9.42. The normalized spacial score (nSPS) is 15.4. The fourth-order valence-electron chi connectivity index (χ4n) is 3.42. The van der Waals surface area contributed by atoms with Crippen LogP contribution in [0, 0.1) is 0 Å². The Morgan fingerprint density at radius 2 is 1.70 bits per heavy atom. The molecule has 0 bridgehead atoms. The van der Waals surface area contributed by atoms with E-state index in [9.17, 15) is 5.11 Å². The van der Waals surface area contributed by atoms with E-state index in [-0.39, 0.29) is 5.75 Å². The minimum absolute atomic E-state index is 0.283. The molecule has 0 aromatic heterocycles. The van der Waals surface area contributed by atoms with Gasteiger partial charge in [-0.1, -0.05) is 30.3 Å². The van der Waals surface area contributed by atoms with Gasteiger partial charge in [-0.15, -0.1) is 0 Å². The van der Waals surface area contributed by atoms with Gasteiger partial charge in [0.25, 0.3) is 0 Å². The van der Waals surface area contributed by atoms with E-state index in [0.29, 0.717) is 0 Å². The van der Waals surface area contributed by atoms with Gasteiger partial charge in [0, 0.05) is 63.1 Å². The molecule has 0 aliphatic carbocycles. The van der Waals surface area contributed by atoms with Crippen LogP contribution in [0.1, 0.15) is 25.0 Å². The van der Waals surface area contributed by atoms with Gasteiger partial charge in [0.1, 0.15) is 5.75 Å². The molecule has 5 heteroatoms. The van der Waals surface area contributed by atoms with Crippen LogP contribution in [0.4, 0.5) is 5.69 Å². The number of piperazine rings is 1. The minimum Gasteiger partial charge on any atom is -0.507 e. The van der Waals surface area contributed by atoms with Crippen LogP contribution in [0.3, 0.4) is 0 Å². The second-order valence-corrected chi connectivity index (χ2v) is 6.88. The molecule has 0 radical (unpaired) electrons. The third-order valence-electron chi connectivity index (χ3n) is 5.10. The first-order chi connectivity index (χ1) is 13.2. The van der Waals surface area contributed by atoms with Crippen LogP contribution >= 0.6 is 0 Å². The van der Waals surface area contributed by atoms with Crippen molar-refractivity contribution in [2.75, 3.05) is 44.2 Å². The fraction of sp³-hybridized carbons (Fsp3) is 0.409. The van der Waals surface area contributed by atoms with Crippen LogP contribution in [-0.2, 0) is 6.54 Å². The molecular weight excluding hydrogens is 336 g/mol. The predicted octanol–water partition coefficient (Wildman–Crippen LogP) is 3.39. The molecule has 0 amide bonds. The Hall–Kier alpha value is -2.53. The Bertz CT molecular complexity index is 735. The van der Waals surface area contributed by atoms with Gasteiger partial charge >= 0.3 is 0 Å². The highest BCUT2D eigenvalue weighted by Crippen LogP contribution is 2.23. The monoisotopic (exact) mass is 366 g/mol. The average molecular weight is 367 g/mol. The van der Waals surface area contributed by atoms with Crippen molar-refractivity contribution in [3.63, 3.8) is 0 Å². The van der Waals surface area contributed by atoms with Crippen molar-refractivity contribution in [2.45, 2.75) is 20.4 Å². The summed E-state index contributed by atoms with van der Waals surface area (Å²) >= 11 is 0.